The van der Waals surface area contributed by atoms with Crippen LogP contribution in [0.4, 0.5) is 11.4 Å². The number of carbonyl (C=O) groups excluding carboxylic acids is 1. The summed E-state index contributed by atoms with van der Waals surface area (Å²) in [6, 6.07) is 5.73. The minimum Gasteiger partial charge on any atom is -0.465 e. The van der Waals surface area contributed by atoms with E-state index in [0.29, 0.717) is 29.1 Å². The maximum absolute atomic E-state index is 11.8. The van der Waals surface area contributed by atoms with Gasteiger partial charge >= 0.3 is 5.97 Å². The van der Waals surface area contributed by atoms with Crippen LogP contribution in [0.3, 0.4) is 0 Å². The van der Waals surface area contributed by atoms with Crippen molar-refractivity contribution in [1.29, 1.82) is 0 Å². The number of nitrogens with two attached hydrogens (primary N) is 1. The zero-order valence-corrected chi connectivity index (χ0v) is 11.8. The number of methoxy groups -OCH3 is 1. The van der Waals surface area contributed by atoms with Gasteiger partial charge in [0, 0.05) is 17.4 Å². The summed E-state index contributed by atoms with van der Waals surface area (Å²) in [5.74, 6) is 0.962. The molecule has 0 aliphatic heterocycles. The lowest BCUT2D eigenvalue weighted by Gasteiger charge is -2.22. The van der Waals surface area contributed by atoms with Gasteiger partial charge in [0.2, 0.25) is 0 Å². The van der Waals surface area contributed by atoms with Gasteiger partial charge in [-0.3, -0.25) is 0 Å². The monoisotopic (exact) mass is 262 g/mol. The molecule has 0 saturated heterocycles. The molecule has 19 heavy (non-hydrogen) atoms. The number of hydrogen-bond acceptors (Lipinski definition) is 4. The Kier molecular flexibility index (Phi) is 3.98. The van der Waals surface area contributed by atoms with Crippen LogP contribution < -0.4 is 11.1 Å². The van der Waals surface area contributed by atoms with E-state index in [1.165, 1.54) is 13.5 Å². The summed E-state index contributed by atoms with van der Waals surface area (Å²) in [5, 5.41) is 3.48. The topological polar surface area (TPSA) is 64.3 Å². The predicted octanol–water partition coefficient (Wildman–Crippen LogP) is 2.90. The Morgan fingerprint density at radius 3 is 2.68 bits per heavy atom. The van der Waals surface area contributed by atoms with E-state index in [-0.39, 0.29) is 5.97 Å². The molecule has 1 fully saturated rings. The minimum atomic E-state index is -0.353. The summed E-state index contributed by atoms with van der Waals surface area (Å²) in [6.07, 6.45) is 2.36. The van der Waals surface area contributed by atoms with Gasteiger partial charge in [-0.15, -0.1) is 0 Å². The number of carbonyl (C=O) groups is 1. The molecule has 1 aliphatic carbocycles. The second-order valence-electron chi connectivity index (χ2n) is 5.46. The lowest BCUT2D eigenvalue weighted by molar-refractivity contribution is 0.0602. The Balaban J connectivity index is 2.22. The summed E-state index contributed by atoms with van der Waals surface area (Å²) >= 11 is 0. The number of esters is 1. The number of benzene rings is 1. The predicted molar refractivity (Wildman–Crippen MR) is 77.2 cm³/mol. The quantitative estimate of drug-likeness (QED) is 0.649. The molecular formula is C15H22N2O2. The van der Waals surface area contributed by atoms with Crippen LogP contribution in [0.2, 0.25) is 0 Å². The highest BCUT2D eigenvalue weighted by atomic mass is 16.5. The molecule has 0 aromatic heterocycles. The molecule has 1 aliphatic rings. The molecule has 0 amide bonds. The summed E-state index contributed by atoms with van der Waals surface area (Å²) in [4.78, 5) is 11.8. The van der Waals surface area contributed by atoms with Crippen LogP contribution in [-0.2, 0) is 4.74 Å². The molecule has 0 radical (unpaired) electrons. The first-order valence-electron chi connectivity index (χ1n) is 6.77. The second kappa shape index (κ2) is 5.51. The van der Waals surface area contributed by atoms with E-state index in [2.05, 4.69) is 19.2 Å². The average molecular weight is 262 g/mol. The molecular weight excluding hydrogens is 240 g/mol. The van der Waals surface area contributed by atoms with Crippen LogP contribution in [-0.4, -0.2) is 19.1 Å². The highest BCUT2D eigenvalue weighted by Crippen LogP contribution is 2.34. The Labute approximate surface area is 114 Å². The third-order valence-electron chi connectivity index (χ3n) is 4.26. The van der Waals surface area contributed by atoms with Crippen molar-refractivity contribution in [1.82, 2.24) is 0 Å². The van der Waals surface area contributed by atoms with Gasteiger partial charge in [0.05, 0.1) is 12.7 Å². The number of anilines is 2. The van der Waals surface area contributed by atoms with Crippen molar-refractivity contribution in [2.24, 2.45) is 11.8 Å². The van der Waals surface area contributed by atoms with Crippen LogP contribution >= 0.6 is 0 Å². The molecule has 0 bridgehead atoms. The number of ether oxygens (including phenoxy) is 1. The second-order valence-corrected chi connectivity index (χ2v) is 5.46. The number of nitrogen functional groups attached to an aromatic ring is 1. The van der Waals surface area contributed by atoms with Crippen LogP contribution in [0.15, 0.2) is 18.2 Å². The van der Waals surface area contributed by atoms with Crippen molar-refractivity contribution >= 4 is 17.3 Å². The van der Waals surface area contributed by atoms with Gasteiger partial charge in [-0.25, -0.2) is 4.79 Å². The third kappa shape index (κ3) is 2.83. The van der Waals surface area contributed by atoms with Crippen molar-refractivity contribution in [2.75, 3.05) is 18.2 Å². The Bertz CT molecular complexity index is 473. The minimum absolute atomic E-state index is 0.353. The maximum atomic E-state index is 11.8. The molecule has 0 heterocycles. The Morgan fingerprint density at radius 2 is 2.11 bits per heavy atom. The molecule has 1 saturated carbocycles. The molecule has 104 valence electrons. The number of hydrogen-bond donors (Lipinski definition) is 2. The number of nitrogens with one attached hydrogen (secondary N) is 1. The smallest absolute Gasteiger partial charge is 0.340 e. The molecule has 1 aromatic rings. The van der Waals surface area contributed by atoms with Crippen LogP contribution in [0.25, 0.3) is 0 Å². The normalized spacial score (nSPS) is 26.2. The largest absolute Gasteiger partial charge is 0.465 e. The zero-order chi connectivity index (χ0) is 14.0. The van der Waals surface area contributed by atoms with Crippen LogP contribution in [0.1, 0.15) is 37.0 Å². The third-order valence-corrected chi connectivity index (χ3v) is 4.26. The molecule has 3 unspecified atom stereocenters. The van der Waals surface area contributed by atoms with Gasteiger partial charge in [-0.1, -0.05) is 13.8 Å². The molecule has 4 nitrogen and oxygen atoms in total. The molecule has 4 heteroatoms. The summed E-state index contributed by atoms with van der Waals surface area (Å²) < 4.78 is 4.81. The summed E-state index contributed by atoms with van der Waals surface area (Å²) in [5.41, 5.74) is 7.63. The highest BCUT2D eigenvalue weighted by molar-refractivity contribution is 5.96. The van der Waals surface area contributed by atoms with E-state index >= 15 is 0 Å². The van der Waals surface area contributed by atoms with E-state index in [1.807, 2.05) is 6.07 Å². The van der Waals surface area contributed by atoms with Gasteiger partial charge in [-0.2, -0.15) is 0 Å². The molecule has 3 atom stereocenters. The highest BCUT2D eigenvalue weighted by Gasteiger charge is 2.30. The van der Waals surface area contributed by atoms with E-state index < -0.39 is 0 Å². The van der Waals surface area contributed by atoms with Crippen molar-refractivity contribution in [3.63, 3.8) is 0 Å². The van der Waals surface area contributed by atoms with E-state index in [9.17, 15) is 4.79 Å². The summed E-state index contributed by atoms with van der Waals surface area (Å²) in [6.45, 7) is 4.53. The van der Waals surface area contributed by atoms with Crippen molar-refractivity contribution < 1.29 is 9.53 Å². The number of rotatable bonds is 3. The van der Waals surface area contributed by atoms with E-state index in [4.69, 9.17) is 10.5 Å². The van der Waals surface area contributed by atoms with Crippen molar-refractivity contribution in [3.05, 3.63) is 23.8 Å². The van der Waals surface area contributed by atoms with Crippen molar-refractivity contribution in [2.45, 2.75) is 32.7 Å². The molecule has 0 spiro atoms. The summed E-state index contributed by atoms with van der Waals surface area (Å²) in [7, 11) is 1.38. The van der Waals surface area contributed by atoms with E-state index in [0.717, 1.165) is 12.1 Å². The standard InChI is InChI=1S/C15H22N2O2/c1-9-4-6-13(10(9)2)17-14-7-5-11(16)8-12(14)15(18)19-3/h5,7-10,13,17H,4,6,16H2,1-3H3. The Morgan fingerprint density at radius 1 is 1.37 bits per heavy atom. The van der Waals surface area contributed by atoms with Gasteiger partial charge in [0.25, 0.3) is 0 Å². The fourth-order valence-electron chi connectivity index (χ4n) is 2.73. The molecule has 1 aromatic carbocycles. The van der Waals surface area contributed by atoms with Crippen LogP contribution in [0.5, 0.6) is 0 Å². The zero-order valence-electron chi connectivity index (χ0n) is 11.8. The van der Waals surface area contributed by atoms with Gasteiger partial charge in [0.15, 0.2) is 0 Å². The van der Waals surface area contributed by atoms with Crippen LogP contribution in [0, 0.1) is 11.8 Å². The van der Waals surface area contributed by atoms with Gasteiger partial charge < -0.3 is 15.8 Å². The first-order chi connectivity index (χ1) is 9.02. The first-order valence-corrected chi connectivity index (χ1v) is 6.77. The van der Waals surface area contributed by atoms with Gasteiger partial charge in [-0.05, 0) is 42.9 Å². The SMILES string of the molecule is COC(=O)c1cc(N)ccc1NC1CCC(C)C1C. The molecule has 2 rings (SSSR count). The van der Waals surface area contributed by atoms with E-state index in [1.54, 1.807) is 12.1 Å². The van der Waals surface area contributed by atoms with Gasteiger partial charge in [0.1, 0.15) is 0 Å². The lowest BCUT2D eigenvalue weighted by Crippen LogP contribution is -2.25. The maximum Gasteiger partial charge on any atom is 0.340 e. The fourth-order valence-corrected chi connectivity index (χ4v) is 2.73. The average Bonchev–Trinajstić information content (AvgIpc) is 2.71. The fraction of sp³-hybridized carbons (Fsp3) is 0.533. The molecule has 3 N–H and O–H groups in total. The Hall–Kier alpha value is -1.71. The first kappa shape index (κ1) is 13.7. The van der Waals surface area contributed by atoms with Crippen molar-refractivity contribution in [3.8, 4) is 0 Å². The lowest BCUT2D eigenvalue weighted by atomic mass is 9.97.